The second kappa shape index (κ2) is 7.30. The van der Waals surface area contributed by atoms with Gasteiger partial charge in [-0.1, -0.05) is 32.1 Å². The Kier molecular flexibility index (Phi) is 6.01. The summed E-state index contributed by atoms with van der Waals surface area (Å²) in [4.78, 5) is 22.0. The molecule has 0 bridgehead atoms. The summed E-state index contributed by atoms with van der Waals surface area (Å²) in [5.41, 5.74) is 0. The van der Waals surface area contributed by atoms with Crippen LogP contribution in [0.2, 0.25) is 0 Å². The van der Waals surface area contributed by atoms with E-state index in [-0.39, 0.29) is 5.91 Å². The van der Waals surface area contributed by atoms with Crippen molar-refractivity contribution in [2.75, 3.05) is 0 Å². The molecule has 0 saturated heterocycles. The molecular formula is C13H23NO3. The van der Waals surface area contributed by atoms with E-state index in [4.69, 9.17) is 5.11 Å². The largest absolute Gasteiger partial charge is 0.480 e. The normalized spacial score (nSPS) is 18.6. The molecule has 17 heavy (non-hydrogen) atoms. The Bertz CT molecular complexity index is 259. The minimum atomic E-state index is -0.981. The molecule has 4 nitrogen and oxygen atoms in total. The number of rotatable bonds is 6. The van der Waals surface area contributed by atoms with Crippen LogP contribution in [-0.4, -0.2) is 23.0 Å². The average molecular weight is 241 g/mol. The van der Waals surface area contributed by atoms with Crippen molar-refractivity contribution in [2.45, 2.75) is 64.3 Å². The number of amides is 1. The standard InChI is InChI=1S/C13H23NO3/c1-10(13(16)17)14-12(15)9-5-8-11-6-3-2-4-7-11/h10-11H,2-9H2,1H3,(H,14,15)(H,16,17)/t10-/m1/s1. The van der Waals surface area contributed by atoms with Crippen molar-refractivity contribution in [3.05, 3.63) is 0 Å². The Morgan fingerprint density at radius 1 is 1.29 bits per heavy atom. The third kappa shape index (κ3) is 5.71. The Morgan fingerprint density at radius 3 is 2.53 bits per heavy atom. The van der Waals surface area contributed by atoms with Crippen LogP contribution in [0.1, 0.15) is 58.3 Å². The van der Waals surface area contributed by atoms with E-state index in [1.807, 2.05) is 0 Å². The maximum absolute atomic E-state index is 11.4. The molecule has 1 aliphatic carbocycles. The zero-order valence-electron chi connectivity index (χ0n) is 10.6. The highest BCUT2D eigenvalue weighted by Gasteiger charge is 2.16. The van der Waals surface area contributed by atoms with E-state index in [1.165, 1.54) is 39.0 Å². The number of aliphatic carboxylic acids is 1. The van der Waals surface area contributed by atoms with Gasteiger partial charge in [0, 0.05) is 6.42 Å². The number of carbonyl (C=O) groups excluding carboxylic acids is 1. The van der Waals surface area contributed by atoms with E-state index in [0.29, 0.717) is 6.42 Å². The van der Waals surface area contributed by atoms with Crippen molar-refractivity contribution in [1.82, 2.24) is 5.32 Å². The van der Waals surface area contributed by atoms with E-state index in [9.17, 15) is 9.59 Å². The van der Waals surface area contributed by atoms with Crippen molar-refractivity contribution >= 4 is 11.9 Å². The van der Waals surface area contributed by atoms with Gasteiger partial charge in [-0.3, -0.25) is 9.59 Å². The molecule has 1 fully saturated rings. The van der Waals surface area contributed by atoms with E-state index < -0.39 is 12.0 Å². The molecule has 0 aromatic rings. The van der Waals surface area contributed by atoms with Gasteiger partial charge in [-0.25, -0.2) is 0 Å². The highest BCUT2D eigenvalue weighted by molar-refractivity contribution is 5.83. The first kappa shape index (κ1) is 14.0. The predicted octanol–water partition coefficient (Wildman–Crippen LogP) is 2.33. The number of hydrogen-bond donors (Lipinski definition) is 2. The van der Waals surface area contributed by atoms with E-state index in [2.05, 4.69) is 5.32 Å². The summed E-state index contributed by atoms with van der Waals surface area (Å²) in [5, 5.41) is 11.1. The van der Waals surface area contributed by atoms with Crippen LogP contribution >= 0.6 is 0 Å². The van der Waals surface area contributed by atoms with Crippen molar-refractivity contribution in [3.63, 3.8) is 0 Å². The molecule has 0 spiro atoms. The van der Waals surface area contributed by atoms with Gasteiger partial charge < -0.3 is 10.4 Å². The molecule has 98 valence electrons. The molecule has 1 rings (SSSR count). The highest BCUT2D eigenvalue weighted by Crippen LogP contribution is 2.27. The lowest BCUT2D eigenvalue weighted by Gasteiger charge is -2.21. The third-order valence-corrected chi connectivity index (χ3v) is 3.49. The predicted molar refractivity (Wildman–Crippen MR) is 65.7 cm³/mol. The van der Waals surface area contributed by atoms with Gasteiger partial charge in [0.05, 0.1) is 0 Å². The molecule has 1 atom stereocenters. The lowest BCUT2D eigenvalue weighted by molar-refractivity contribution is -0.141. The second-order valence-electron chi connectivity index (χ2n) is 5.02. The lowest BCUT2D eigenvalue weighted by Crippen LogP contribution is -2.38. The second-order valence-corrected chi connectivity index (χ2v) is 5.02. The SMILES string of the molecule is C[C@@H](NC(=O)CCCC1CCCCC1)C(=O)O. The third-order valence-electron chi connectivity index (χ3n) is 3.49. The number of nitrogens with one attached hydrogen (secondary N) is 1. The molecule has 0 unspecified atom stereocenters. The Morgan fingerprint density at radius 2 is 1.94 bits per heavy atom. The van der Waals surface area contributed by atoms with Crippen LogP contribution in [0.15, 0.2) is 0 Å². The van der Waals surface area contributed by atoms with Crippen LogP contribution in [0.5, 0.6) is 0 Å². The zero-order chi connectivity index (χ0) is 12.7. The first-order valence-electron chi connectivity index (χ1n) is 6.61. The molecule has 1 amide bonds. The van der Waals surface area contributed by atoms with E-state index in [1.54, 1.807) is 0 Å². The van der Waals surface area contributed by atoms with E-state index >= 15 is 0 Å². The fraction of sp³-hybridized carbons (Fsp3) is 0.846. The zero-order valence-corrected chi connectivity index (χ0v) is 10.6. The van der Waals surface area contributed by atoms with Crippen molar-refractivity contribution in [3.8, 4) is 0 Å². The van der Waals surface area contributed by atoms with Crippen LogP contribution < -0.4 is 5.32 Å². The van der Waals surface area contributed by atoms with Gasteiger partial charge in [-0.05, 0) is 25.7 Å². The summed E-state index contributed by atoms with van der Waals surface area (Å²) in [6, 6.07) is -0.780. The van der Waals surface area contributed by atoms with Gasteiger partial charge in [0.25, 0.3) is 0 Å². The van der Waals surface area contributed by atoms with Crippen molar-refractivity contribution < 1.29 is 14.7 Å². The minimum absolute atomic E-state index is 0.143. The van der Waals surface area contributed by atoms with Gasteiger partial charge in [-0.2, -0.15) is 0 Å². The Balaban J connectivity index is 2.09. The molecule has 4 heteroatoms. The van der Waals surface area contributed by atoms with Crippen LogP contribution in [0.3, 0.4) is 0 Å². The molecule has 1 aliphatic rings. The first-order chi connectivity index (χ1) is 8.09. The molecule has 0 heterocycles. The summed E-state index contributed by atoms with van der Waals surface area (Å²) in [6.07, 6.45) is 9.04. The number of carboxylic acid groups (broad SMARTS) is 1. The minimum Gasteiger partial charge on any atom is -0.480 e. The van der Waals surface area contributed by atoms with Gasteiger partial charge in [0.1, 0.15) is 6.04 Å². The quantitative estimate of drug-likeness (QED) is 0.750. The molecule has 0 aromatic carbocycles. The topological polar surface area (TPSA) is 66.4 Å². The molecule has 0 radical (unpaired) electrons. The smallest absolute Gasteiger partial charge is 0.325 e. The summed E-state index contributed by atoms with van der Waals surface area (Å²) in [6.45, 7) is 1.49. The number of carboxylic acids is 1. The maximum atomic E-state index is 11.4. The fourth-order valence-corrected chi connectivity index (χ4v) is 2.40. The average Bonchev–Trinajstić information content (AvgIpc) is 2.30. The summed E-state index contributed by atoms with van der Waals surface area (Å²) >= 11 is 0. The molecule has 0 aliphatic heterocycles. The molecular weight excluding hydrogens is 218 g/mol. The maximum Gasteiger partial charge on any atom is 0.325 e. The van der Waals surface area contributed by atoms with Crippen molar-refractivity contribution in [2.24, 2.45) is 5.92 Å². The van der Waals surface area contributed by atoms with Crippen LogP contribution in [0.25, 0.3) is 0 Å². The van der Waals surface area contributed by atoms with Crippen molar-refractivity contribution in [1.29, 1.82) is 0 Å². The summed E-state index contributed by atoms with van der Waals surface area (Å²) in [5.74, 6) is -0.338. The van der Waals surface area contributed by atoms with Gasteiger partial charge in [-0.15, -0.1) is 0 Å². The fourth-order valence-electron chi connectivity index (χ4n) is 2.40. The van der Waals surface area contributed by atoms with Gasteiger partial charge in [0.15, 0.2) is 0 Å². The number of hydrogen-bond acceptors (Lipinski definition) is 2. The Hall–Kier alpha value is -1.06. The van der Waals surface area contributed by atoms with Crippen LogP contribution in [-0.2, 0) is 9.59 Å². The molecule has 1 saturated carbocycles. The van der Waals surface area contributed by atoms with E-state index in [0.717, 1.165) is 18.8 Å². The molecule has 0 aromatic heterocycles. The van der Waals surface area contributed by atoms with Crippen LogP contribution in [0.4, 0.5) is 0 Å². The first-order valence-corrected chi connectivity index (χ1v) is 6.61. The summed E-state index contributed by atoms with van der Waals surface area (Å²) in [7, 11) is 0. The van der Waals surface area contributed by atoms with Crippen LogP contribution in [0, 0.1) is 5.92 Å². The monoisotopic (exact) mass is 241 g/mol. The lowest BCUT2D eigenvalue weighted by atomic mass is 9.86. The summed E-state index contributed by atoms with van der Waals surface area (Å²) < 4.78 is 0. The van der Waals surface area contributed by atoms with Gasteiger partial charge in [0.2, 0.25) is 5.91 Å². The highest BCUT2D eigenvalue weighted by atomic mass is 16.4. The van der Waals surface area contributed by atoms with Gasteiger partial charge >= 0.3 is 5.97 Å². The number of carbonyl (C=O) groups is 2. The Labute approximate surface area is 103 Å². The molecule has 2 N–H and O–H groups in total.